The number of ether oxygens (including phenoxy) is 1. The SMILES string of the molecule is CCN(CCCOc1cc2ncnc(Nn3nccc3CC(=O)Nc3cccc(F)c3)c2cc1F)CCOP(=O)(OC(C)(C)C)OC(C)(C)C. The van der Waals surface area contributed by atoms with Gasteiger partial charge in [-0.15, -0.1) is 0 Å². The molecule has 0 radical (unpaired) electrons. The maximum atomic E-state index is 15.2. The Labute approximate surface area is 291 Å². The minimum absolute atomic E-state index is 0.0435. The molecule has 2 aromatic heterocycles. The van der Waals surface area contributed by atoms with Gasteiger partial charge in [0.15, 0.2) is 17.4 Å². The molecule has 0 aliphatic heterocycles. The first-order chi connectivity index (χ1) is 23.5. The molecule has 16 heteroatoms. The first-order valence-corrected chi connectivity index (χ1v) is 17.8. The van der Waals surface area contributed by atoms with Crippen LogP contribution in [-0.4, -0.2) is 74.7 Å². The molecular weight excluding hydrogens is 671 g/mol. The molecule has 272 valence electrons. The van der Waals surface area contributed by atoms with E-state index in [1.165, 1.54) is 47.6 Å². The Morgan fingerprint density at radius 1 is 0.980 bits per heavy atom. The van der Waals surface area contributed by atoms with Crippen LogP contribution in [0.2, 0.25) is 0 Å². The highest BCUT2D eigenvalue weighted by Gasteiger charge is 2.37. The molecule has 0 saturated carbocycles. The topological polar surface area (TPSA) is 142 Å². The number of fused-ring (bicyclic) bond motifs is 1. The van der Waals surface area contributed by atoms with Crippen LogP contribution in [0, 0.1) is 11.6 Å². The molecule has 0 fully saturated rings. The highest BCUT2D eigenvalue weighted by molar-refractivity contribution is 7.48. The predicted molar refractivity (Wildman–Crippen MR) is 187 cm³/mol. The number of hydrogen-bond acceptors (Lipinski definition) is 11. The van der Waals surface area contributed by atoms with Crippen molar-refractivity contribution in [2.75, 3.05) is 43.6 Å². The molecule has 1 amide bonds. The van der Waals surface area contributed by atoms with Gasteiger partial charge in [-0.1, -0.05) is 13.0 Å². The first-order valence-electron chi connectivity index (χ1n) is 16.3. The third-order valence-electron chi connectivity index (χ3n) is 6.82. The van der Waals surface area contributed by atoms with Crippen molar-refractivity contribution >= 4 is 36.1 Å². The van der Waals surface area contributed by atoms with Crippen LogP contribution in [0.4, 0.5) is 20.3 Å². The third kappa shape index (κ3) is 12.1. The molecular formula is C34H46F2N7O6P. The van der Waals surface area contributed by atoms with Gasteiger partial charge in [-0.2, -0.15) is 9.89 Å². The van der Waals surface area contributed by atoms with E-state index in [-0.39, 0.29) is 37.1 Å². The van der Waals surface area contributed by atoms with E-state index in [2.05, 4.69) is 30.7 Å². The van der Waals surface area contributed by atoms with Gasteiger partial charge >= 0.3 is 7.82 Å². The lowest BCUT2D eigenvalue weighted by atomic mass is 10.2. The maximum Gasteiger partial charge on any atom is 0.475 e. The van der Waals surface area contributed by atoms with Crippen molar-refractivity contribution in [2.45, 2.75) is 72.5 Å². The number of carbonyl (C=O) groups is 1. The summed E-state index contributed by atoms with van der Waals surface area (Å²) in [4.78, 5) is 24.6. The highest BCUT2D eigenvalue weighted by Crippen LogP contribution is 2.55. The summed E-state index contributed by atoms with van der Waals surface area (Å²) >= 11 is 0. The Bertz CT molecular complexity index is 1770. The number of amides is 1. The minimum Gasteiger partial charge on any atom is -0.490 e. The molecule has 4 rings (SSSR count). The Hall–Kier alpha value is -4.01. The van der Waals surface area contributed by atoms with E-state index in [1.807, 2.05) is 6.92 Å². The smallest absolute Gasteiger partial charge is 0.475 e. The number of nitrogens with zero attached hydrogens (tertiary/aromatic N) is 5. The van der Waals surface area contributed by atoms with E-state index in [1.54, 1.807) is 53.7 Å². The predicted octanol–water partition coefficient (Wildman–Crippen LogP) is 7.01. The molecule has 0 unspecified atom stereocenters. The van der Waals surface area contributed by atoms with Gasteiger partial charge in [0.25, 0.3) is 0 Å². The van der Waals surface area contributed by atoms with Gasteiger partial charge in [0.2, 0.25) is 5.91 Å². The van der Waals surface area contributed by atoms with Gasteiger partial charge in [0.1, 0.15) is 12.1 Å². The number of aromatic nitrogens is 4. The summed E-state index contributed by atoms with van der Waals surface area (Å²) in [7, 11) is -3.81. The van der Waals surface area contributed by atoms with Crippen LogP contribution >= 0.6 is 7.82 Å². The van der Waals surface area contributed by atoms with Gasteiger partial charge in [-0.25, -0.2) is 23.3 Å². The number of hydrogen-bond donors (Lipinski definition) is 2. The average Bonchev–Trinajstić information content (AvgIpc) is 3.42. The second-order valence-electron chi connectivity index (χ2n) is 13.4. The van der Waals surface area contributed by atoms with Crippen LogP contribution in [-0.2, 0) is 29.4 Å². The molecule has 2 heterocycles. The third-order valence-corrected chi connectivity index (χ3v) is 8.87. The summed E-state index contributed by atoms with van der Waals surface area (Å²) in [5, 5.41) is 7.24. The van der Waals surface area contributed by atoms with Crippen molar-refractivity contribution in [2.24, 2.45) is 0 Å². The van der Waals surface area contributed by atoms with Crippen molar-refractivity contribution in [3.63, 3.8) is 0 Å². The Kier molecular flexibility index (Phi) is 13.0. The Morgan fingerprint density at radius 3 is 2.40 bits per heavy atom. The van der Waals surface area contributed by atoms with Crippen LogP contribution in [0.15, 0.2) is 55.0 Å². The zero-order valence-corrected chi connectivity index (χ0v) is 30.4. The largest absolute Gasteiger partial charge is 0.490 e. The molecule has 2 aromatic carbocycles. The quantitative estimate of drug-likeness (QED) is 0.0861. The summed E-state index contributed by atoms with van der Waals surface area (Å²) < 4.78 is 64.8. The number of likely N-dealkylation sites (N-methyl/N-ethyl adjacent to an activating group) is 1. The number of benzene rings is 2. The van der Waals surface area contributed by atoms with Gasteiger partial charge in [0, 0.05) is 30.2 Å². The zero-order chi connectivity index (χ0) is 36.5. The molecule has 0 aliphatic carbocycles. The zero-order valence-electron chi connectivity index (χ0n) is 29.5. The normalized spacial score (nSPS) is 12.4. The van der Waals surface area contributed by atoms with Crippen LogP contribution in [0.5, 0.6) is 5.75 Å². The second-order valence-corrected chi connectivity index (χ2v) is 14.9. The minimum atomic E-state index is -3.81. The van der Waals surface area contributed by atoms with Crippen molar-refractivity contribution in [3.05, 3.63) is 72.3 Å². The van der Waals surface area contributed by atoms with E-state index < -0.39 is 30.7 Å². The standard InChI is InChI=1S/C34H46F2N7O6P/c1-8-42(16-18-47-50(45,48-33(2,3)4)49-34(5,6)7)15-10-17-46-30-22-29-27(21-28(30)36)32(38-23-37-29)41-43-26(13-14-39-43)20-31(44)40-25-12-9-11-24(35)19-25/h9,11-14,19,21-23H,8,10,15-18,20H2,1-7H3,(H,40,44)(H,37,38,41). The molecule has 13 nitrogen and oxygen atoms in total. The fraction of sp³-hybridized carbons (Fsp3) is 0.471. The molecule has 0 aliphatic rings. The molecule has 50 heavy (non-hydrogen) atoms. The molecule has 2 N–H and O–H groups in total. The Balaban J connectivity index is 1.31. The number of anilines is 2. The molecule has 0 saturated heterocycles. The maximum absolute atomic E-state index is 15.2. The van der Waals surface area contributed by atoms with Crippen molar-refractivity contribution in [1.82, 2.24) is 24.8 Å². The number of phosphoric acid groups is 1. The van der Waals surface area contributed by atoms with E-state index in [0.29, 0.717) is 48.3 Å². The van der Waals surface area contributed by atoms with Gasteiger partial charge in [0.05, 0.1) is 48.2 Å². The van der Waals surface area contributed by atoms with Crippen LogP contribution in [0.3, 0.4) is 0 Å². The lowest BCUT2D eigenvalue weighted by Gasteiger charge is -2.31. The van der Waals surface area contributed by atoms with Crippen LogP contribution < -0.4 is 15.5 Å². The second kappa shape index (κ2) is 16.8. The molecule has 0 spiro atoms. The number of halogens is 2. The van der Waals surface area contributed by atoms with Gasteiger partial charge in [-0.3, -0.25) is 23.8 Å². The first kappa shape index (κ1) is 38.8. The van der Waals surface area contributed by atoms with E-state index in [0.717, 1.165) is 0 Å². The average molecular weight is 718 g/mol. The van der Waals surface area contributed by atoms with E-state index in [9.17, 15) is 13.8 Å². The highest BCUT2D eigenvalue weighted by atomic mass is 31.2. The Morgan fingerprint density at radius 2 is 1.72 bits per heavy atom. The monoisotopic (exact) mass is 717 g/mol. The van der Waals surface area contributed by atoms with E-state index >= 15 is 4.39 Å². The summed E-state index contributed by atoms with van der Waals surface area (Å²) in [5.41, 5.74) is 2.81. The summed E-state index contributed by atoms with van der Waals surface area (Å²) in [6.45, 7) is 14.9. The van der Waals surface area contributed by atoms with Crippen LogP contribution in [0.1, 0.15) is 60.6 Å². The molecule has 0 bridgehead atoms. The lowest BCUT2D eigenvalue weighted by molar-refractivity contribution is -0.115. The van der Waals surface area contributed by atoms with Gasteiger partial charge < -0.3 is 15.0 Å². The van der Waals surface area contributed by atoms with Crippen molar-refractivity contribution in [1.29, 1.82) is 0 Å². The molecule has 4 aromatic rings. The summed E-state index contributed by atoms with van der Waals surface area (Å²) in [6, 6.07) is 10.0. The van der Waals surface area contributed by atoms with Crippen LogP contribution in [0.25, 0.3) is 10.9 Å². The lowest BCUT2D eigenvalue weighted by Crippen LogP contribution is -2.30. The fourth-order valence-electron chi connectivity index (χ4n) is 4.78. The van der Waals surface area contributed by atoms with Crippen molar-refractivity contribution in [3.8, 4) is 5.75 Å². The number of carbonyl (C=O) groups excluding carboxylic acids is 1. The number of nitrogens with one attached hydrogen (secondary N) is 2. The van der Waals surface area contributed by atoms with E-state index in [4.69, 9.17) is 18.3 Å². The van der Waals surface area contributed by atoms with Crippen molar-refractivity contribution < 1.29 is 36.4 Å². The number of rotatable bonds is 17. The summed E-state index contributed by atoms with van der Waals surface area (Å²) in [5.74, 6) is -1.13. The van der Waals surface area contributed by atoms with Gasteiger partial charge in [-0.05, 0) is 84.8 Å². The number of phosphoric ester groups is 1. The fourth-order valence-corrected chi connectivity index (χ4v) is 6.57. The molecule has 0 atom stereocenters. The summed E-state index contributed by atoms with van der Waals surface area (Å²) in [6.07, 6.45) is 3.35.